The van der Waals surface area contributed by atoms with Crippen LogP contribution in [0.5, 0.6) is 11.5 Å². The number of rotatable bonds is 6. The number of aromatic nitrogens is 3. The normalized spacial score (nSPS) is 14.1. The molecule has 3 rings (SSSR count). The zero-order valence-corrected chi connectivity index (χ0v) is 14.2. The third-order valence-electron chi connectivity index (χ3n) is 4.10. The van der Waals surface area contributed by atoms with Crippen LogP contribution in [0.1, 0.15) is 48.3 Å². The van der Waals surface area contributed by atoms with E-state index < -0.39 is 0 Å². The Balaban J connectivity index is 1.74. The second kappa shape index (κ2) is 6.90. The van der Waals surface area contributed by atoms with Gasteiger partial charge >= 0.3 is 0 Å². The lowest BCUT2D eigenvalue weighted by molar-refractivity contribution is 0.0937. The highest BCUT2D eigenvalue weighted by molar-refractivity contribution is 5.95. The van der Waals surface area contributed by atoms with Crippen molar-refractivity contribution in [1.82, 2.24) is 20.1 Å². The van der Waals surface area contributed by atoms with Crippen LogP contribution in [-0.2, 0) is 13.0 Å². The maximum atomic E-state index is 12.5. The Labute approximate surface area is 141 Å². The fourth-order valence-corrected chi connectivity index (χ4v) is 2.92. The van der Waals surface area contributed by atoms with E-state index in [0.29, 0.717) is 23.7 Å². The van der Waals surface area contributed by atoms with Crippen molar-refractivity contribution >= 4 is 5.91 Å². The van der Waals surface area contributed by atoms with E-state index in [1.807, 2.05) is 13.8 Å². The number of hydrogen-bond donors (Lipinski definition) is 1. The van der Waals surface area contributed by atoms with Crippen LogP contribution in [0.25, 0.3) is 0 Å². The lowest BCUT2D eigenvalue weighted by Gasteiger charge is -2.15. The molecule has 0 spiro atoms. The van der Waals surface area contributed by atoms with E-state index in [-0.39, 0.29) is 11.9 Å². The van der Waals surface area contributed by atoms with Crippen LogP contribution < -0.4 is 14.8 Å². The molecule has 0 radical (unpaired) electrons. The molecule has 0 unspecified atom stereocenters. The van der Waals surface area contributed by atoms with Crippen LogP contribution in [-0.4, -0.2) is 34.4 Å². The maximum absolute atomic E-state index is 12.5. The van der Waals surface area contributed by atoms with E-state index in [9.17, 15) is 4.79 Å². The minimum absolute atomic E-state index is 0.181. The van der Waals surface area contributed by atoms with Crippen molar-refractivity contribution in [2.45, 2.75) is 39.3 Å². The average Bonchev–Trinajstić information content (AvgIpc) is 3.18. The number of fused-ring (bicyclic) bond motifs is 1. The third kappa shape index (κ3) is 3.06. The molecule has 7 nitrogen and oxygen atoms in total. The Morgan fingerprint density at radius 1 is 1.38 bits per heavy atom. The topological polar surface area (TPSA) is 78.3 Å². The highest BCUT2D eigenvalue weighted by Crippen LogP contribution is 2.28. The second-order valence-electron chi connectivity index (χ2n) is 5.72. The van der Waals surface area contributed by atoms with E-state index in [1.54, 1.807) is 25.3 Å². The van der Waals surface area contributed by atoms with Gasteiger partial charge in [0.1, 0.15) is 5.82 Å². The Kier molecular flexibility index (Phi) is 4.69. The molecule has 1 aromatic carbocycles. The summed E-state index contributed by atoms with van der Waals surface area (Å²) in [5, 5.41) is 11.4. The van der Waals surface area contributed by atoms with E-state index in [0.717, 1.165) is 31.0 Å². The first-order valence-corrected chi connectivity index (χ1v) is 8.17. The van der Waals surface area contributed by atoms with Gasteiger partial charge in [-0.3, -0.25) is 4.79 Å². The van der Waals surface area contributed by atoms with Crippen molar-refractivity contribution in [2.24, 2.45) is 0 Å². The summed E-state index contributed by atoms with van der Waals surface area (Å²) in [5.74, 6) is 2.78. The van der Waals surface area contributed by atoms with Crippen molar-refractivity contribution in [2.75, 3.05) is 13.7 Å². The molecule has 0 saturated carbocycles. The molecule has 1 N–H and O–H groups in total. The van der Waals surface area contributed by atoms with Gasteiger partial charge in [-0.05, 0) is 38.5 Å². The number of nitrogens with one attached hydrogen (secondary N) is 1. The Morgan fingerprint density at radius 3 is 2.96 bits per heavy atom. The van der Waals surface area contributed by atoms with Crippen LogP contribution in [0.4, 0.5) is 0 Å². The SMILES string of the molecule is CCOc1ccc(C(=O)N[C@H](C)c2nnc3n2CCC3)cc1OC. The first-order valence-electron chi connectivity index (χ1n) is 8.17. The highest BCUT2D eigenvalue weighted by Gasteiger charge is 2.23. The molecule has 2 aromatic rings. The van der Waals surface area contributed by atoms with Crippen LogP contribution in [0.3, 0.4) is 0 Å². The molecule has 1 atom stereocenters. The van der Waals surface area contributed by atoms with E-state index in [4.69, 9.17) is 9.47 Å². The van der Waals surface area contributed by atoms with Crippen molar-refractivity contribution < 1.29 is 14.3 Å². The van der Waals surface area contributed by atoms with Gasteiger partial charge in [-0.25, -0.2) is 0 Å². The number of hydrogen-bond acceptors (Lipinski definition) is 5. The van der Waals surface area contributed by atoms with Crippen molar-refractivity contribution in [3.63, 3.8) is 0 Å². The third-order valence-corrected chi connectivity index (χ3v) is 4.10. The van der Waals surface area contributed by atoms with Gasteiger partial charge in [0.15, 0.2) is 17.3 Å². The lowest BCUT2D eigenvalue weighted by atomic mass is 10.1. The van der Waals surface area contributed by atoms with Gasteiger partial charge in [0.2, 0.25) is 0 Å². The summed E-state index contributed by atoms with van der Waals surface area (Å²) in [5.41, 5.74) is 0.517. The fraction of sp³-hybridized carbons (Fsp3) is 0.471. The molecule has 0 aliphatic carbocycles. The number of nitrogens with zero attached hydrogens (tertiary/aromatic N) is 3. The molecule has 1 amide bonds. The quantitative estimate of drug-likeness (QED) is 0.878. The predicted molar refractivity (Wildman–Crippen MR) is 88.4 cm³/mol. The molecule has 1 aromatic heterocycles. The summed E-state index contributed by atoms with van der Waals surface area (Å²) in [6.45, 7) is 5.27. The summed E-state index contributed by atoms with van der Waals surface area (Å²) >= 11 is 0. The summed E-state index contributed by atoms with van der Waals surface area (Å²) in [7, 11) is 1.56. The van der Waals surface area contributed by atoms with E-state index >= 15 is 0 Å². The number of carbonyl (C=O) groups is 1. The molecular formula is C17H22N4O3. The molecule has 1 aliphatic rings. The van der Waals surface area contributed by atoms with Crippen LogP contribution in [0.2, 0.25) is 0 Å². The summed E-state index contributed by atoms with van der Waals surface area (Å²) in [4.78, 5) is 12.5. The average molecular weight is 330 g/mol. The van der Waals surface area contributed by atoms with Crippen molar-refractivity contribution in [3.05, 3.63) is 35.4 Å². The fourth-order valence-electron chi connectivity index (χ4n) is 2.92. The van der Waals surface area contributed by atoms with Crippen molar-refractivity contribution in [3.8, 4) is 11.5 Å². The minimum atomic E-state index is -0.214. The first kappa shape index (κ1) is 16.3. The van der Waals surface area contributed by atoms with Gasteiger partial charge in [0.05, 0.1) is 19.8 Å². The largest absolute Gasteiger partial charge is 0.493 e. The Hall–Kier alpha value is -2.57. The smallest absolute Gasteiger partial charge is 0.252 e. The zero-order valence-electron chi connectivity index (χ0n) is 14.2. The number of benzene rings is 1. The van der Waals surface area contributed by atoms with E-state index in [1.165, 1.54) is 0 Å². The predicted octanol–water partition coefficient (Wildman–Crippen LogP) is 2.12. The lowest BCUT2D eigenvalue weighted by Crippen LogP contribution is -2.28. The van der Waals surface area contributed by atoms with Crippen LogP contribution in [0.15, 0.2) is 18.2 Å². The number of carbonyl (C=O) groups excluding carboxylic acids is 1. The molecule has 128 valence electrons. The van der Waals surface area contributed by atoms with Gasteiger partial charge in [-0.2, -0.15) is 0 Å². The summed E-state index contributed by atoms with van der Waals surface area (Å²) in [6.07, 6.45) is 2.03. The molecule has 0 saturated heterocycles. The number of amides is 1. The van der Waals surface area contributed by atoms with Gasteiger partial charge in [0.25, 0.3) is 5.91 Å². The molecule has 1 aliphatic heterocycles. The minimum Gasteiger partial charge on any atom is -0.493 e. The van der Waals surface area contributed by atoms with Gasteiger partial charge < -0.3 is 19.4 Å². The Bertz CT molecular complexity index is 741. The molecular weight excluding hydrogens is 308 g/mol. The molecule has 24 heavy (non-hydrogen) atoms. The molecule has 0 bridgehead atoms. The number of aryl methyl sites for hydroxylation is 1. The maximum Gasteiger partial charge on any atom is 0.252 e. The standard InChI is InChI=1S/C17H22N4O3/c1-4-24-13-8-7-12(10-14(13)23-3)17(22)18-11(2)16-20-19-15-6-5-9-21(15)16/h7-8,10-11H,4-6,9H2,1-3H3,(H,18,22)/t11-/m1/s1. The monoisotopic (exact) mass is 330 g/mol. The van der Waals surface area contributed by atoms with Gasteiger partial charge in [0, 0.05) is 18.5 Å². The summed E-state index contributed by atoms with van der Waals surface area (Å²) < 4.78 is 12.9. The van der Waals surface area contributed by atoms with Crippen LogP contribution >= 0.6 is 0 Å². The number of ether oxygens (including phenoxy) is 2. The molecule has 0 fully saturated rings. The molecule has 7 heteroatoms. The van der Waals surface area contributed by atoms with Gasteiger partial charge in [-0.1, -0.05) is 0 Å². The first-order chi connectivity index (χ1) is 11.6. The van der Waals surface area contributed by atoms with Crippen molar-refractivity contribution in [1.29, 1.82) is 0 Å². The highest BCUT2D eigenvalue weighted by atomic mass is 16.5. The Morgan fingerprint density at radius 2 is 2.21 bits per heavy atom. The van der Waals surface area contributed by atoms with E-state index in [2.05, 4.69) is 20.1 Å². The zero-order chi connectivity index (χ0) is 17.1. The summed E-state index contributed by atoms with van der Waals surface area (Å²) in [6, 6.07) is 4.94. The number of methoxy groups -OCH3 is 1. The van der Waals surface area contributed by atoms with Crippen LogP contribution in [0, 0.1) is 0 Å². The molecule has 2 heterocycles. The van der Waals surface area contributed by atoms with Gasteiger partial charge in [-0.15, -0.1) is 10.2 Å². The second-order valence-corrected chi connectivity index (χ2v) is 5.72.